The van der Waals surface area contributed by atoms with Crippen molar-refractivity contribution in [2.24, 2.45) is 0 Å². The number of nitrogens with zero attached hydrogens (tertiary/aromatic N) is 4. The molecule has 14 heteroatoms. The van der Waals surface area contributed by atoms with Gasteiger partial charge < -0.3 is 18.8 Å². The molecule has 0 bridgehead atoms. The molecule has 8 nitrogen and oxygen atoms in total. The van der Waals surface area contributed by atoms with Crippen molar-refractivity contribution in [1.82, 2.24) is 18.3 Å². The minimum absolute atomic E-state index is 0.0566. The summed E-state index contributed by atoms with van der Waals surface area (Å²) in [6, 6.07) is 42.7. The molecule has 2 atom stereocenters. The Hall–Kier alpha value is -6.67. The highest BCUT2D eigenvalue weighted by Gasteiger charge is 2.37. The maximum absolute atomic E-state index is 14.3. The Morgan fingerprint density at radius 1 is 0.696 bits per heavy atom. The summed E-state index contributed by atoms with van der Waals surface area (Å²) in [6.07, 6.45) is 3.01. The molecule has 5 heterocycles. The zero-order valence-corrected chi connectivity index (χ0v) is 38.9. The Morgan fingerprint density at radius 3 is 2.04 bits per heavy atom. The zero-order chi connectivity index (χ0) is 47.9. The second kappa shape index (κ2) is 19.0. The van der Waals surface area contributed by atoms with Crippen molar-refractivity contribution in [3.8, 4) is 5.75 Å². The van der Waals surface area contributed by atoms with Gasteiger partial charge in [0, 0.05) is 94.9 Å². The molecule has 0 aliphatic carbocycles. The number of rotatable bonds is 9. The molecule has 69 heavy (non-hydrogen) atoms. The van der Waals surface area contributed by atoms with Gasteiger partial charge in [0.15, 0.2) is 0 Å². The average Bonchev–Trinajstić information content (AvgIpc) is 4.19. The summed E-state index contributed by atoms with van der Waals surface area (Å²) in [4.78, 5) is 14.9. The van der Waals surface area contributed by atoms with E-state index in [-0.39, 0.29) is 35.6 Å². The second-order valence-corrected chi connectivity index (χ2v) is 20.2. The van der Waals surface area contributed by atoms with Crippen LogP contribution in [0.15, 0.2) is 168 Å². The van der Waals surface area contributed by atoms with E-state index >= 15 is 0 Å². The van der Waals surface area contributed by atoms with Crippen molar-refractivity contribution in [3.63, 3.8) is 0 Å². The maximum Gasteiger partial charge on any atom is 0.416 e. The Labute approximate surface area is 402 Å². The molecule has 2 fully saturated rings. The van der Waals surface area contributed by atoms with Gasteiger partial charge in [-0.2, -0.15) is 17.5 Å². The van der Waals surface area contributed by atoms with E-state index in [0.717, 1.165) is 66.0 Å². The first kappa shape index (κ1) is 46.1. The van der Waals surface area contributed by atoms with E-state index in [9.17, 15) is 30.8 Å². The molecule has 3 aliphatic heterocycles. The molecule has 3 aliphatic rings. The van der Waals surface area contributed by atoms with Crippen LogP contribution in [0, 0.1) is 5.82 Å². The predicted octanol–water partition coefficient (Wildman–Crippen LogP) is 12.2. The average molecular weight is 972 g/mol. The lowest BCUT2D eigenvalue weighted by atomic mass is 9.98. The molecule has 11 rings (SSSR count). The topological polar surface area (TPSA) is 76.8 Å². The Balaban J connectivity index is 0.000000160. The number of alkyl halides is 3. The van der Waals surface area contributed by atoms with E-state index in [4.69, 9.17) is 16.3 Å². The molecule has 0 spiro atoms. The van der Waals surface area contributed by atoms with Gasteiger partial charge in [-0.25, -0.2) is 12.8 Å². The number of fused-ring (bicyclic) bond motifs is 3. The number of halogens is 5. The first-order valence-electron chi connectivity index (χ1n) is 22.8. The van der Waals surface area contributed by atoms with Gasteiger partial charge in [0.25, 0.3) is 5.91 Å². The highest BCUT2D eigenvalue weighted by atomic mass is 35.5. The van der Waals surface area contributed by atoms with Gasteiger partial charge in [0.1, 0.15) is 18.2 Å². The van der Waals surface area contributed by atoms with Gasteiger partial charge in [-0.1, -0.05) is 103 Å². The summed E-state index contributed by atoms with van der Waals surface area (Å²) < 4.78 is 91.3. The zero-order valence-electron chi connectivity index (χ0n) is 37.3. The van der Waals surface area contributed by atoms with Crippen LogP contribution in [-0.4, -0.2) is 65.5 Å². The number of benzene rings is 6. The minimum Gasteiger partial charge on any atom is -0.488 e. The minimum atomic E-state index is -4.63. The first-order valence-corrected chi connectivity index (χ1v) is 24.6. The summed E-state index contributed by atoms with van der Waals surface area (Å²) in [5, 5.41) is 2.87. The third-order valence-electron chi connectivity index (χ3n) is 13.4. The molecule has 352 valence electrons. The lowest BCUT2D eigenvalue weighted by Crippen LogP contribution is -2.32. The van der Waals surface area contributed by atoms with Crippen LogP contribution in [-0.2, 0) is 34.1 Å². The fraction of sp³-hybridized carbons (Fsp3) is 0.218. The molecule has 0 saturated carbocycles. The van der Waals surface area contributed by atoms with Crippen molar-refractivity contribution in [2.75, 3.05) is 32.8 Å². The van der Waals surface area contributed by atoms with Crippen LogP contribution in [0.5, 0.6) is 5.75 Å². The Kier molecular flexibility index (Phi) is 12.7. The molecule has 2 saturated heterocycles. The second-order valence-electron chi connectivity index (χ2n) is 17.8. The first-order chi connectivity index (χ1) is 33.3. The molecule has 8 aromatic rings. The van der Waals surface area contributed by atoms with E-state index in [1.54, 1.807) is 24.3 Å². The smallest absolute Gasteiger partial charge is 0.416 e. The van der Waals surface area contributed by atoms with Crippen molar-refractivity contribution >= 4 is 55.4 Å². The summed E-state index contributed by atoms with van der Waals surface area (Å²) in [6.45, 7) is 3.29. The third kappa shape index (κ3) is 9.55. The van der Waals surface area contributed by atoms with Crippen LogP contribution < -0.4 is 4.74 Å². The van der Waals surface area contributed by atoms with Gasteiger partial charge >= 0.3 is 6.18 Å². The SMILES string of the molecule is O=C(C1=Cc2cc(Cl)ccc2OC1)N1CCC(c2cn(Cc3ccccc3)c3ccccc23)C1.O=S(=O)(c1cccc(C(F)(F)F)c1)N1CCC(c2cn(Cc3ccccc3F)c3ccccc23)C1. The number of likely N-dealkylation sites (tertiary alicyclic amines) is 1. The number of hydrogen-bond donors (Lipinski definition) is 0. The molecule has 0 radical (unpaired) electrons. The van der Waals surface area contributed by atoms with Crippen LogP contribution in [0.4, 0.5) is 17.6 Å². The third-order valence-corrected chi connectivity index (χ3v) is 15.5. The predicted molar refractivity (Wildman–Crippen MR) is 261 cm³/mol. The number of hydrogen-bond acceptors (Lipinski definition) is 4. The number of ether oxygens (including phenoxy) is 1. The van der Waals surface area contributed by atoms with Gasteiger partial charge in [0.2, 0.25) is 10.0 Å². The van der Waals surface area contributed by atoms with E-state index in [0.29, 0.717) is 47.7 Å². The van der Waals surface area contributed by atoms with E-state index < -0.39 is 21.8 Å². The lowest BCUT2D eigenvalue weighted by Gasteiger charge is -2.22. The van der Waals surface area contributed by atoms with Gasteiger partial charge in [0.05, 0.1) is 22.6 Å². The number of amides is 1. The van der Waals surface area contributed by atoms with Gasteiger partial charge in [-0.15, -0.1) is 0 Å². The molecule has 1 amide bonds. The van der Waals surface area contributed by atoms with Crippen LogP contribution in [0.25, 0.3) is 27.9 Å². The van der Waals surface area contributed by atoms with Gasteiger partial charge in [-0.3, -0.25) is 4.79 Å². The fourth-order valence-corrected chi connectivity index (χ4v) is 11.6. The highest BCUT2D eigenvalue weighted by molar-refractivity contribution is 7.89. The molecule has 0 N–H and O–H groups in total. The Morgan fingerprint density at radius 2 is 1.33 bits per heavy atom. The largest absolute Gasteiger partial charge is 0.488 e. The number of aromatic nitrogens is 2. The van der Waals surface area contributed by atoms with E-state index in [1.165, 1.54) is 38.5 Å². The summed E-state index contributed by atoms with van der Waals surface area (Å²) in [5.41, 5.74) is 6.79. The van der Waals surface area contributed by atoms with Crippen LogP contribution >= 0.6 is 11.6 Å². The standard InChI is InChI=1S/C29H25ClN2O2.C26H22F4N2O2S/c30-24-10-11-28-22(15-24)14-23(19-34-28)29(33)31-13-12-21(17-31)26-18-32(16-20-6-2-1-3-7-20)27-9-5-4-8-25(26)27;27-24-10-3-1-6-19(24)15-31-17-23(22-9-2-4-11-25(22)31)18-12-13-32(16-18)35(33,34)21-8-5-7-20(14-21)26(28,29)30/h1-11,14-15,18,21H,12-13,16-17,19H2;1-11,14,17-18H,12-13,15-16H2. The van der Waals surface area contributed by atoms with Crippen molar-refractivity contribution < 1.29 is 35.5 Å². The molecular formula is C55H47ClF4N4O4S. The van der Waals surface area contributed by atoms with Gasteiger partial charge in [-0.05, 0) is 90.2 Å². The number of carbonyl (C=O) groups excluding carboxylic acids is 1. The van der Waals surface area contributed by atoms with E-state index in [1.807, 2.05) is 64.2 Å². The quantitative estimate of drug-likeness (QED) is 0.135. The monoisotopic (exact) mass is 970 g/mol. The molecular weight excluding hydrogens is 924 g/mol. The van der Waals surface area contributed by atoms with Crippen LogP contribution in [0.2, 0.25) is 5.02 Å². The van der Waals surface area contributed by atoms with Crippen LogP contribution in [0.3, 0.4) is 0 Å². The fourth-order valence-electron chi connectivity index (χ4n) is 9.91. The number of sulfonamides is 1. The molecule has 6 aromatic carbocycles. The number of para-hydroxylation sites is 2. The van der Waals surface area contributed by atoms with E-state index in [2.05, 4.69) is 59.3 Å². The molecule has 2 unspecified atom stereocenters. The summed E-state index contributed by atoms with van der Waals surface area (Å²) in [5.74, 6) is 0.707. The molecule has 2 aromatic heterocycles. The van der Waals surface area contributed by atoms with Crippen LogP contribution in [0.1, 0.15) is 58.1 Å². The Bertz CT molecular complexity index is 3350. The highest BCUT2D eigenvalue weighted by Crippen LogP contribution is 2.39. The number of carbonyl (C=O) groups is 1. The van der Waals surface area contributed by atoms with Crippen molar-refractivity contribution in [1.29, 1.82) is 0 Å². The summed E-state index contributed by atoms with van der Waals surface area (Å²) in [7, 11) is -4.09. The van der Waals surface area contributed by atoms with Crippen molar-refractivity contribution in [2.45, 2.75) is 48.8 Å². The summed E-state index contributed by atoms with van der Waals surface area (Å²) >= 11 is 6.14. The van der Waals surface area contributed by atoms with Crippen molar-refractivity contribution in [3.05, 3.63) is 208 Å². The lowest BCUT2D eigenvalue weighted by molar-refractivity contribution is -0.137. The normalized spacial score (nSPS) is 17.3. The maximum atomic E-state index is 14.3.